The molecule has 3 aromatic rings. The van der Waals surface area contributed by atoms with Crippen LogP contribution in [0.3, 0.4) is 0 Å². The number of benzene rings is 2. The third-order valence-electron chi connectivity index (χ3n) is 8.22. The van der Waals surface area contributed by atoms with Crippen LogP contribution in [-0.2, 0) is 17.8 Å². The first kappa shape index (κ1) is 34.9. The number of alkyl halides is 3. The van der Waals surface area contributed by atoms with Crippen molar-refractivity contribution in [3.05, 3.63) is 86.0 Å². The molecule has 1 fully saturated rings. The number of carbonyl (C=O) groups is 2. The molecule has 1 atom stereocenters. The number of nitrogens with zero attached hydrogens (tertiary/aromatic N) is 3. The number of aromatic amines is 1. The van der Waals surface area contributed by atoms with Gasteiger partial charge in [-0.3, -0.25) is 14.6 Å². The second kappa shape index (κ2) is 14.3. The molecule has 6 rings (SSSR count). The molecule has 0 aliphatic carbocycles. The van der Waals surface area contributed by atoms with Crippen LogP contribution in [0.5, 0.6) is 5.75 Å². The molecule has 1 saturated heterocycles. The van der Waals surface area contributed by atoms with E-state index < -0.39 is 24.1 Å². The van der Waals surface area contributed by atoms with Gasteiger partial charge in [-0.05, 0) is 68.4 Å². The molecule has 0 saturated carbocycles. The summed E-state index contributed by atoms with van der Waals surface area (Å²) in [7, 11) is 2.11. The molecule has 1 amide bonds. The van der Waals surface area contributed by atoms with E-state index in [4.69, 9.17) is 31.2 Å². The van der Waals surface area contributed by atoms with Gasteiger partial charge in [0.15, 0.2) is 0 Å². The number of pyridine rings is 1. The van der Waals surface area contributed by atoms with E-state index >= 15 is 0 Å². The number of aromatic nitrogens is 1. The summed E-state index contributed by atoms with van der Waals surface area (Å²) in [5, 5.41) is 20.9. The van der Waals surface area contributed by atoms with Gasteiger partial charge in [-0.15, -0.1) is 0 Å². The molecule has 11 nitrogen and oxygen atoms in total. The lowest BCUT2D eigenvalue weighted by Gasteiger charge is -2.34. The minimum atomic E-state index is -5.08. The zero-order valence-electron chi connectivity index (χ0n) is 25.6. The Kier molecular flexibility index (Phi) is 10.4. The maximum atomic E-state index is 13.5. The zero-order chi connectivity index (χ0) is 34.7. The van der Waals surface area contributed by atoms with Gasteiger partial charge < -0.3 is 35.1 Å². The normalized spacial score (nSPS) is 16.9. The van der Waals surface area contributed by atoms with Gasteiger partial charge in [-0.1, -0.05) is 17.7 Å². The summed E-state index contributed by atoms with van der Waals surface area (Å²) in [6.07, 6.45) is -2.12. The van der Waals surface area contributed by atoms with E-state index in [2.05, 4.69) is 28.3 Å². The lowest BCUT2D eigenvalue weighted by atomic mass is 10.00. The molecule has 256 valence electrons. The maximum absolute atomic E-state index is 13.5. The number of H-pyrrole nitrogens is 1. The molecule has 0 spiro atoms. The van der Waals surface area contributed by atoms with Crippen LogP contribution in [0.1, 0.15) is 39.9 Å². The summed E-state index contributed by atoms with van der Waals surface area (Å²) in [6.45, 7) is 2.52. The van der Waals surface area contributed by atoms with Crippen molar-refractivity contribution in [2.45, 2.75) is 44.1 Å². The van der Waals surface area contributed by atoms with Crippen LogP contribution in [0, 0.1) is 5.82 Å². The summed E-state index contributed by atoms with van der Waals surface area (Å²) < 4.78 is 50.7. The number of aliphatic hydroxyl groups excluding tert-OH is 1. The van der Waals surface area contributed by atoms with Gasteiger partial charge in [-0.2, -0.15) is 13.2 Å². The van der Waals surface area contributed by atoms with Crippen molar-refractivity contribution >= 4 is 40.6 Å². The Morgan fingerprint density at radius 3 is 2.56 bits per heavy atom. The Hall–Kier alpha value is -4.47. The second-order valence-electron chi connectivity index (χ2n) is 11.7. The van der Waals surface area contributed by atoms with Gasteiger partial charge in [0.2, 0.25) is 0 Å². The fraction of sp³-hybridized carbons (Fsp3) is 0.375. The van der Waals surface area contributed by atoms with Crippen molar-refractivity contribution in [1.82, 2.24) is 14.8 Å². The molecule has 0 bridgehead atoms. The fourth-order valence-corrected chi connectivity index (χ4v) is 5.93. The molecular weight excluding hydrogens is 662 g/mol. The number of anilines is 1. The van der Waals surface area contributed by atoms with Crippen LogP contribution in [0.2, 0.25) is 5.02 Å². The van der Waals surface area contributed by atoms with Gasteiger partial charge in [0.1, 0.15) is 24.3 Å². The van der Waals surface area contributed by atoms with E-state index in [0.29, 0.717) is 41.2 Å². The van der Waals surface area contributed by atoms with Gasteiger partial charge in [0.25, 0.3) is 11.5 Å². The highest BCUT2D eigenvalue weighted by molar-refractivity contribution is 6.32. The molecule has 0 radical (unpaired) electrons. The van der Waals surface area contributed by atoms with Crippen LogP contribution < -0.4 is 15.6 Å². The minimum Gasteiger partial charge on any atom is -0.489 e. The van der Waals surface area contributed by atoms with Crippen LogP contribution in [-0.4, -0.2) is 94.2 Å². The van der Waals surface area contributed by atoms with Crippen LogP contribution >= 0.6 is 11.6 Å². The third-order valence-corrected chi connectivity index (χ3v) is 8.54. The van der Waals surface area contributed by atoms with Crippen LogP contribution in [0.25, 0.3) is 0 Å². The zero-order valence-corrected chi connectivity index (χ0v) is 26.4. The number of aliphatic carboxylic acids is 1. The van der Waals surface area contributed by atoms with Gasteiger partial charge in [0, 0.05) is 43.4 Å². The second-order valence-corrected chi connectivity index (χ2v) is 12.1. The van der Waals surface area contributed by atoms with Crippen molar-refractivity contribution in [2.75, 3.05) is 38.6 Å². The number of hydrogen-bond acceptors (Lipinski definition) is 8. The Balaban J connectivity index is 0.000000582. The number of piperidine rings is 1. The third kappa shape index (κ3) is 7.97. The number of halogens is 5. The Bertz CT molecular complexity index is 1790. The molecule has 3 aliphatic rings. The minimum absolute atomic E-state index is 0.0525. The summed E-state index contributed by atoms with van der Waals surface area (Å²) in [4.78, 5) is 46.9. The molecule has 48 heavy (non-hydrogen) atoms. The van der Waals surface area contributed by atoms with E-state index in [1.54, 1.807) is 6.07 Å². The van der Waals surface area contributed by atoms with Gasteiger partial charge in [-0.25, -0.2) is 9.18 Å². The van der Waals surface area contributed by atoms with Gasteiger partial charge in [0.05, 0.1) is 27.7 Å². The number of aliphatic imine (C=N–C) groups is 1. The molecule has 16 heteroatoms. The fourth-order valence-electron chi connectivity index (χ4n) is 5.75. The number of ether oxygens (including phenoxy) is 1. The molecule has 0 unspecified atom stereocenters. The number of hydrogen-bond donors (Lipinski definition) is 4. The maximum Gasteiger partial charge on any atom is 0.490 e. The number of likely N-dealkylation sites (tertiary alicyclic amines) is 1. The van der Waals surface area contributed by atoms with E-state index in [-0.39, 0.29) is 41.4 Å². The lowest BCUT2D eigenvalue weighted by molar-refractivity contribution is -0.192. The average Bonchev–Trinajstić information content (AvgIpc) is 3.59. The molecule has 4 N–H and O–H groups in total. The van der Waals surface area contributed by atoms with E-state index in [0.717, 1.165) is 43.1 Å². The topological polar surface area (TPSA) is 148 Å². The highest BCUT2D eigenvalue weighted by Gasteiger charge is 2.38. The first-order valence-electron chi connectivity index (χ1n) is 15.0. The number of carbonyl (C=O) groups excluding carboxylic acids is 1. The van der Waals surface area contributed by atoms with Crippen LogP contribution in [0.4, 0.5) is 28.9 Å². The first-order valence-corrected chi connectivity index (χ1v) is 15.3. The molecule has 3 aliphatic heterocycles. The first-order chi connectivity index (χ1) is 22.7. The van der Waals surface area contributed by atoms with E-state index in [1.807, 2.05) is 11.0 Å². The molecular formula is C32H32ClF4N5O6. The smallest absolute Gasteiger partial charge is 0.489 e. The monoisotopic (exact) mass is 693 g/mol. The summed E-state index contributed by atoms with van der Waals surface area (Å²) in [6, 6.07) is 9.64. The summed E-state index contributed by atoms with van der Waals surface area (Å²) in [5.41, 5.74) is 4.55. The predicted molar refractivity (Wildman–Crippen MR) is 169 cm³/mol. The van der Waals surface area contributed by atoms with Crippen LogP contribution in [0.15, 0.2) is 52.4 Å². The van der Waals surface area contributed by atoms with Crippen molar-refractivity contribution in [3.63, 3.8) is 0 Å². The number of nitrogens with one attached hydrogen (secondary N) is 2. The average molecular weight is 694 g/mol. The standard InChI is InChI=1S/C30H31ClFN5O4.C2HF3O2/c1-36-8-5-20(6-9-36)37-15-18-10-17-11-26(35-25(17)13-22(18)30(37)40)28-24(4-7-33-29(28)39)34-14-21(38)16-41-27-12-19(32)2-3-23(27)31;3-2(4,5)1(6)7/h2-4,7,10,12-13,20-21,38H,5-6,8-9,11,14-16H2,1H3,(H2,33,34,39);(H,6,7)/t21-;/m1./s1. The van der Waals surface area contributed by atoms with Crippen molar-refractivity contribution < 1.29 is 42.1 Å². The SMILES string of the molecule is CN1CCC(N2Cc3cc4c(cc3C2=O)N=C(c2c(NC[C@@H](O)COc3cc(F)ccc3Cl)cc[nH]c2=O)C4)CC1.O=C(O)C(F)(F)F. The predicted octanol–water partition coefficient (Wildman–Crippen LogP) is 4.38. The Morgan fingerprint density at radius 2 is 1.88 bits per heavy atom. The number of carboxylic acids is 1. The quantitative estimate of drug-likeness (QED) is 0.254. The van der Waals surface area contributed by atoms with E-state index in [1.165, 1.54) is 18.3 Å². The Morgan fingerprint density at radius 1 is 1.17 bits per heavy atom. The van der Waals surface area contributed by atoms with Crippen molar-refractivity contribution in [2.24, 2.45) is 4.99 Å². The Labute approximate surface area is 276 Å². The van der Waals surface area contributed by atoms with Crippen molar-refractivity contribution in [3.8, 4) is 5.75 Å². The number of rotatable bonds is 8. The highest BCUT2D eigenvalue weighted by Crippen LogP contribution is 2.37. The largest absolute Gasteiger partial charge is 0.490 e. The number of amides is 1. The molecule has 2 aromatic carbocycles. The van der Waals surface area contributed by atoms with Crippen molar-refractivity contribution in [1.29, 1.82) is 0 Å². The van der Waals surface area contributed by atoms with E-state index in [9.17, 15) is 32.3 Å². The lowest BCUT2D eigenvalue weighted by Crippen LogP contribution is -2.43. The summed E-state index contributed by atoms with van der Waals surface area (Å²) in [5.74, 6) is -3.06. The molecule has 4 heterocycles. The summed E-state index contributed by atoms with van der Waals surface area (Å²) >= 11 is 6.03. The number of aliphatic hydroxyl groups is 1. The van der Waals surface area contributed by atoms with Gasteiger partial charge >= 0.3 is 12.1 Å². The number of carboxylic acid groups (broad SMARTS) is 1. The highest BCUT2D eigenvalue weighted by atomic mass is 35.5. The number of fused-ring (bicyclic) bond motifs is 2. The molecule has 1 aromatic heterocycles.